The molecule has 1 fully saturated rings. The van der Waals surface area contributed by atoms with E-state index in [0.29, 0.717) is 37.3 Å². The number of hydrogen-bond donors (Lipinski definition) is 2. The van der Waals surface area contributed by atoms with E-state index in [-0.39, 0.29) is 35.4 Å². The number of carbonyl (C=O) groups excluding carboxylic acids is 2. The summed E-state index contributed by atoms with van der Waals surface area (Å²) in [7, 11) is 0. The van der Waals surface area contributed by atoms with E-state index in [9.17, 15) is 18.8 Å². The molecule has 7 nitrogen and oxygen atoms in total. The highest BCUT2D eigenvalue weighted by Gasteiger charge is 2.24. The number of rotatable bonds is 4. The first-order chi connectivity index (χ1) is 14.5. The molecule has 1 aliphatic rings. The van der Waals surface area contributed by atoms with Crippen LogP contribution in [-0.2, 0) is 4.79 Å². The molecule has 0 spiro atoms. The number of halogens is 1. The SMILES string of the molecule is O=C(CN1CCN(C(=O)c2cc3ccccc3c(=O)[nH]2)CC1)Nc1ccc(F)cc1. The smallest absolute Gasteiger partial charge is 0.270 e. The van der Waals surface area contributed by atoms with Crippen molar-refractivity contribution in [2.75, 3.05) is 38.0 Å². The lowest BCUT2D eigenvalue weighted by Crippen LogP contribution is -2.50. The number of aromatic nitrogens is 1. The fourth-order valence-electron chi connectivity index (χ4n) is 3.54. The van der Waals surface area contributed by atoms with Crippen molar-refractivity contribution in [3.8, 4) is 0 Å². The summed E-state index contributed by atoms with van der Waals surface area (Å²) in [4.78, 5) is 43.5. The predicted molar refractivity (Wildman–Crippen MR) is 112 cm³/mol. The van der Waals surface area contributed by atoms with Crippen LogP contribution in [0.4, 0.5) is 10.1 Å². The minimum absolute atomic E-state index is 0.187. The molecule has 1 aliphatic heterocycles. The number of hydrogen-bond acceptors (Lipinski definition) is 4. The van der Waals surface area contributed by atoms with E-state index in [2.05, 4.69) is 10.3 Å². The van der Waals surface area contributed by atoms with Crippen molar-refractivity contribution in [1.29, 1.82) is 0 Å². The molecule has 8 heteroatoms. The van der Waals surface area contributed by atoms with Gasteiger partial charge in [-0.15, -0.1) is 0 Å². The van der Waals surface area contributed by atoms with Gasteiger partial charge in [0.05, 0.1) is 6.54 Å². The number of aromatic amines is 1. The maximum absolute atomic E-state index is 12.9. The van der Waals surface area contributed by atoms with Crippen LogP contribution in [0.25, 0.3) is 10.8 Å². The van der Waals surface area contributed by atoms with Crippen LogP contribution in [-0.4, -0.2) is 59.3 Å². The third-order valence-electron chi connectivity index (χ3n) is 5.14. The van der Waals surface area contributed by atoms with Crippen molar-refractivity contribution in [2.45, 2.75) is 0 Å². The predicted octanol–water partition coefficient (Wildman–Crippen LogP) is 2.06. The third kappa shape index (κ3) is 4.38. The van der Waals surface area contributed by atoms with E-state index in [1.54, 1.807) is 29.2 Å². The van der Waals surface area contributed by atoms with Gasteiger partial charge in [-0.05, 0) is 41.8 Å². The molecule has 0 bridgehead atoms. The van der Waals surface area contributed by atoms with Gasteiger partial charge in [0.2, 0.25) is 5.91 Å². The van der Waals surface area contributed by atoms with Crippen LogP contribution < -0.4 is 10.9 Å². The van der Waals surface area contributed by atoms with Crippen LogP contribution in [0.15, 0.2) is 59.4 Å². The lowest BCUT2D eigenvalue weighted by molar-refractivity contribution is -0.117. The monoisotopic (exact) mass is 408 g/mol. The van der Waals surface area contributed by atoms with Gasteiger partial charge in [-0.2, -0.15) is 0 Å². The van der Waals surface area contributed by atoms with Gasteiger partial charge in [-0.25, -0.2) is 4.39 Å². The first kappa shape index (κ1) is 19.8. The van der Waals surface area contributed by atoms with Crippen LogP contribution >= 0.6 is 0 Å². The van der Waals surface area contributed by atoms with Crippen LogP contribution in [0.5, 0.6) is 0 Å². The Morgan fingerprint density at radius 3 is 2.43 bits per heavy atom. The highest BCUT2D eigenvalue weighted by molar-refractivity contribution is 5.96. The van der Waals surface area contributed by atoms with Crippen LogP contribution in [0.2, 0.25) is 0 Å². The van der Waals surface area contributed by atoms with Gasteiger partial charge in [0, 0.05) is 37.3 Å². The largest absolute Gasteiger partial charge is 0.335 e. The second-order valence-electron chi connectivity index (χ2n) is 7.22. The Kier molecular flexibility index (Phi) is 5.58. The molecule has 2 N–H and O–H groups in total. The van der Waals surface area contributed by atoms with Crippen molar-refractivity contribution in [3.05, 3.63) is 76.5 Å². The minimum Gasteiger partial charge on any atom is -0.335 e. The zero-order valence-electron chi connectivity index (χ0n) is 16.2. The van der Waals surface area contributed by atoms with Gasteiger partial charge in [-0.1, -0.05) is 18.2 Å². The summed E-state index contributed by atoms with van der Waals surface area (Å²) in [5.41, 5.74) is 0.518. The number of carbonyl (C=O) groups is 2. The summed E-state index contributed by atoms with van der Waals surface area (Å²) in [5, 5.41) is 4.00. The number of anilines is 1. The molecule has 30 heavy (non-hydrogen) atoms. The van der Waals surface area contributed by atoms with Gasteiger partial charge in [-0.3, -0.25) is 19.3 Å². The maximum Gasteiger partial charge on any atom is 0.270 e. The van der Waals surface area contributed by atoms with Crippen molar-refractivity contribution in [1.82, 2.24) is 14.8 Å². The van der Waals surface area contributed by atoms with Crippen molar-refractivity contribution < 1.29 is 14.0 Å². The molecule has 0 saturated carbocycles. The van der Waals surface area contributed by atoms with E-state index in [0.717, 1.165) is 5.39 Å². The quantitative estimate of drug-likeness (QED) is 0.692. The normalized spacial score (nSPS) is 14.6. The molecule has 1 aromatic heterocycles. The molecule has 154 valence electrons. The molecule has 0 atom stereocenters. The molecular weight excluding hydrogens is 387 g/mol. The fraction of sp³-hybridized carbons (Fsp3) is 0.227. The number of pyridine rings is 1. The van der Waals surface area contributed by atoms with E-state index >= 15 is 0 Å². The number of piperazine rings is 1. The first-order valence-electron chi connectivity index (χ1n) is 9.69. The molecule has 3 aromatic rings. The zero-order valence-corrected chi connectivity index (χ0v) is 16.2. The summed E-state index contributed by atoms with van der Waals surface area (Å²) in [6.07, 6.45) is 0. The number of H-pyrrole nitrogens is 1. The van der Waals surface area contributed by atoms with Gasteiger partial charge < -0.3 is 15.2 Å². The van der Waals surface area contributed by atoms with Crippen LogP contribution in [0.3, 0.4) is 0 Å². The molecule has 2 heterocycles. The molecular formula is C22H21FN4O3. The van der Waals surface area contributed by atoms with Gasteiger partial charge in [0.25, 0.3) is 11.5 Å². The minimum atomic E-state index is -0.360. The molecule has 0 unspecified atom stereocenters. The Morgan fingerprint density at radius 2 is 1.70 bits per heavy atom. The average Bonchev–Trinajstić information content (AvgIpc) is 2.75. The topological polar surface area (TPSA) is 85.5 Å². The van der Waals surface area contributed by atoms with E-state index in [1.807, 2.05) is 11.0 Å². The standard InChI is InChI=1S/C22H21FN4O3/c23-16-5-7-17(8-6-16)24-20(28)14-26-9-11-27(12-10-26)22(30)19-13-15-3-1-2-4-18(15)21(29)25-19/h1-8,13H,9-12,14H2,(H,24,28)(H,25,29). The number of nitrogens with zero attached hydrogens (tertiary/aromatic N) is 2. The van der Waals surface area contributed by atoms with E-state index < -0.39 is 0 Å². The van der Waals surface area contributed by atoms with Crippen molar-refractivity contribution in [3.63, 3.8) is 0 Å². The molecule has 0 aliphatic carbocycles. The zero-order chi connectivity index (χ0) is 21.1. The second-order valence-corrected chi connectivity index (χ2v) is 7.22. The summed E-state index contributed by atoms with van der Waals surface area (Å²) in [6.45, 7) is 2.18. The van der Waals surface area contributed by atoms with Crippen LogP contribution in [0, 0.1) is 5.82 Å². The third-order valence-corrected chi connectivity index (χ3v) is 5.14. The first-order valence-corrected chi connectivity index (χ1v) is 9.69. The molecule has 2 aromatic carbocycles. The summed E-state index contributed by atoms with van der Waals surface area (Å²) in [5.74, 6) is -0.782. The number of benzene rings is 2. The lowest BCUT2D eigenvalue weighted by Gasteiger charge is -2.34. The Morgan fingerprint density at radius 1 is 1.00 bits per heavy atom. The summed E-state index contributed by atoms with van der Waals surface area (Å²) < 4.78 is 12.9. The highest BCUT2D eigenvalue weighted by atomic mass is 19.1. The Bertz CT molecular complexity index is 1140. The molecule has 1 saturated heterocycles. The summed E-state index contributed by atoms with van der Waals surface area (Å²) >= 11 is 0. The van der Waals surface area contributed by atoms with Crippen molar-refractivity contribution >= 4 is 28.3 Å². The Balaban J connectivity index is 1.34. The van der Waals surface area contributed by atoms with Gasteiger partial charge in [0.15, 0.2) is 0 Å². The average molecular weight is 408 g/mol. The maximum atomic E-state index is 12.9. The van der Waals surface area contributed by atoms with Crippen LogP contribution in [0.1, 0.15) is 10.5 Å². The van der Waals surface area contributed by atoms with Gasteiger partial charge in [0.1, 0.15) is 11.5 Å². The molecule has 2 amide bonds. The second kappa shape index (κ2) is 8.46. The van der Waals surface area contributed by atoms with Crippen molar-refractivity contribution in [2.24, 2.45) is 0 Å². The number of nitrogens with one attached hydrogen (secondary N) is 2. The summed E-state index contributed by atoms with van der Waals surface area (Å²) in [6, 6.07) is 14.4. The fourth-order valence-corrected chi connectivity index (χ4v) is 3.54. The Labute approximate surface area is 172 Å². The lowest BCUT2D eigenvalue weighted by atomic mass is 10.1. The highest BCUT2D eigenvalue weighted by Crippen LogP contribution is 2.13. The molecule has 4 rings (SSSR count). The number of fused-ring (bicyclic) bond motifs is 1. The van der Waals surface area contributed by atoms with Gasteiger partial charge >= 0.3 is 0 Å². The van der Waals surface area contributed by atoms with E-state index in [1.165, 1.54) is 24.3 Å². The molecule has 0 radical (unpaired) electrons. The van der Waals surface area contributed by atoms with E-state index in [4.69, 9.17) is 0 Å². The number of amides is 2. The Hall–Kier alpha value is -3.52.